The van der Waals surface area contributed by atoms with Crippen LogP contribution in [0.15, 0.2) is 0 Å². The van der Waals surface area contributed by atoms with E-state index in [1.807, 2.05) is 0 Å². The second-order valence-corrected chi connectivity index (χ2v) is 9.72. The summed E-state index contributed by atoms with van der Waals surface area (Å²) in [6, 6.07) is -6.08. The van der Waals surface area contributed by atoms with Gasteiger partial charge in [0.25, 0.3) is 0 Å². The van der Waals surface area contributed by atoms with Gasteiger partial charge in [0.05, 0.1) is 12.5 Å². The van der Waals surface area contributed by atoms with E-state index in [4.69, 9.17) is 11.5 Å². The molecule has 1 fully saturated rings. The minimum atomic E-state index is -1.58. The van der Waals surface area contributed by atoms with E-state index >= 15 is 0 Å². The molecule has 1 rings (SSSR count). The van der Waals surface area contributed by atoms with Crippen molar-refractivity contribution in [3.63, 3.8) is 0 Å². The summed E-state index contributed by atoms with van der Waals surface area (Å²) in [6.07, 6.45) is -0.188. The van der Waals surface area contributed by atoms with E-state index < -0.39 is 78.1 Å². The first-order chi connectivity index (χ1) is 17.6. The van der Waals surface area contributed by atoms with Crippen molar-refractivity contribution in [2.24, 2.45) is 17.4 Å². The van der Waals surface area contributed by atoms with Crippen molar-refractivity contribution >= 4 is 41.5 Å². The Morgan fingerprint density at radius 1 is 0.921 bits per heavy atom. The van der Waals surface area contributed by atoms with Crippen molar-refractivity contribution < 1.29 is 43.8 Å². The first-order valence-corrected chi connectivity index (χ1v) is 12.3. The standard InChI is InChI=1S/C23H38N6O9/c1-11(2)9-14(20(34)26-12(3)22(36)29-8-4-5-16(29)23(37)38)28-21(35)15(10-18(31)32)27-19(33)13(24)6-7-17(25)30/h11-16H,4-10,24H2,1-3H3,(H2,25,30)(H,26,34)(H,27,33)(H,28,35)(H,31,32)(H,37,38)/t12-,13-,14-,15-,16-/m0/s1. The second kappa shape index (κ2) is 14.9. The molecule has 0 radical (unpaired) electrons. The van der Waals surface area contributed by atoms with Crippen LogP contribution in [0.4, 0.5) is 0 Å². The Morgan fingerprint density at radius 2 is 1.50 bits per heavy atom. The highest BCUT2D eigenvalue weighted by molar-refractivity contribution is 5.96. The number of carboxylic acids is 2. The summed E-state index contributed by atoms with van der Waals surface area (Å²) in [5.74, 6) is -6.51. The fraction of sp³-hybridized carbons (Fsp3) is 0.696. The van der Waals surface area contributed by atoms with E-state index in [1.54, 1.807) is 13.8 Å². The number of hydrogen-bond donors (Lipinski definition) is 7. The molecule has 0 aromatic heterocycles. The maximum Gasteiger partial charge on any atom is 0.326 e. The molecule has 214 valence electrons. The van der Waals surface area contributed by atoms with Gasteiger partial charge in [-0.1, -0.05) is 13.8 Å². The molecule has 0 unspecified atom stereocenters. The zero-order valence-electron chi connectivity index (χ0n) is 21.8. The molecule has 9 N–H and O–H groups in total. The van der Waals surface area contributed by atoms with Gasteiger partial charge in [0.1, 0.15) is 24.2 Å². The number of nitrogens with zero attached hydrogens (tertiary/aromatic N) is 1. The number of aliphatic carboxylic acids is 2. The first-order valence-electron chi connectivity index (χ1n) is 12.3. The third-order valence-corrected chi connectivity index (χ3v) is 5.94. The molecule has 0 aromatic rings. The Balaban J connectivity index is 2.94. The molecule has 15 heteroatoms. The predicted molar refractivity (Wildman–Crippen MR) is 132 cm³/mol. The number of nitrogens with two attached hydrogens (primary N) is 2. The van der Waals surface area contributed by atoms with Gasteiger partial charge in [-0.2, -0.15) is 0 Å². The summed E-state index contributed by atoms with van der Waals surface area (Å²) in [5.41, 5.74) is 10.7. The maximum atomic E-state index is 13.0. The molecule has 1 aliphatic rings. The van der Waals surface area contributed by atoms with Crippen molar-refractivity contribution in [2.75, 3.05) is 6.54 Å². The summed E-state index contributed by atoms with van der Waals surface area (Å²) in [5, 5.41) is 25.7. The molecule has 0 spiro atoms. The third-order valence-electron chi connectivity index (χ3n) is 5.94. The zero-order chi connectivity index (χ0) is 29.2. The van der Waals surface area contributed by atoms with Crippen LogP contribution >= 0.6 is 0 Å². The van der Waals surface area contributed by atoms with Gasteiger partial charge >= 0.3 is 11.9 Å². The minimum Gasteiger partial charge on any atom is -0.481 e. The van der Waals surface area contributed by atoms with Gasteiger partial charge in [0.2, 0.25) is 29.5 Å². The minimum absolute atomic E-state index is 0.109. The van der Waals surface area contributed by atoms with E-state index in [9.17, 15) is 43.8 Å². The number of hydrogen-bond acceptors (Lipinski definition) is 8. The molecular weight excluding hydrogens is 504 g/mol. The summed E-state index contributed by atoms with van der Waals surface area (Å²) in [4.78, 5) is 85.9. The van der Waals surface area contributed by atoms with Crippen LogP contribution in [0, 0.1) is 5.92 Å². The van der Waals surface area contributed by atoms with Gasteiger partial charge in [0, 0.05) is 13.0 Å². The van der Waals surface area contributed by atoms with Gasteiger partial charge in [-0.3, -0.25) is 28.8 Å². The number of likely N-dealkylation sites (tertiary alicyclic amines) is 1. The van der Waals surface area contributed by atoms with E-state index in [0.717, 1.165) is 0 Å². The molecule has 0 bridgehead atoms. The molecular formula is C23H38N6O9. The fourth-order valence-corrected chi connectivity index (χ4v) is 3.98. The number of amides is 5. The lowest BCUT2D eigenvalue weighted by Gasteiger charge is -2.28. The topological polar surface area (TPSA) is 251 Å². The van der Waals surface area contributed by atoms with Crippen molar-refractivity contribution in [2.45, 2.75) is 89.5 Å². The van der Waals surface area contributed by atoms with Crippen LogP contribution < -0.4 is 27.4 Å². The monoisotopic (exact) mass is 542 g/mol. The smallest absolute Gasteiger partial charge is 0.326 e. The molecule has 5 atom stereocenters. The Hall–Kier alpha value is -3.75. The number of primary amides is 1. The van der Waals surface area contributed by atoms with Crippen LogP contribution in [0.2, 0.25) is 0 Å². The third kappa shape index (κ3) is 10.3. The quantitative estimate of drug-likeness (QED) is 0.116. The molecule has 0 aromatic carbocycles. The van der Waals surface area contributed by atoms with Gasteiger partial charge in [-0.05, 0) is 38.5 Å². The summed E-state index contributed by atoms with van der Waals surface area (Å²) >= 11 is 0. The van der Waals surface area contributed by atoms with Crippen molar-refractivity contribution in [3.05, 3.63) is 0 Å². The van der Waals surface area contributed by atoms with E-state index in [0.29, 0.717) is 12.8 Å². The highest BCUT2D eigenvalue weighted by atomic mass is 16.4. The lowest BCUT2D eigenvalue weighted by atomic mass is 10.0. The highest BCUT2D eigenvalue weighted by Gasteiger charge is 2.37. The molecule has 5 amide bonds. The Kier molecular flexibility index (Phi) is 12.6. The molecule has 1 saturated heterocycles. The molecule has 15 nitrogen and oxygen atoms in total. The zero-order valence-corrected chi connectivity index (χ0v) is 21.8. The fourth-order valence-electron chi connectivity index (χ4n) is 3.98. The number of carboxylic acid groups (broad SMARTS) is 2. The largest absolute Gasteiger partial charge is 0.481 e. The predicted octanol–water partition coefficient (Wildman–Crippen LogP) is -2.35. The summed E-state index contributed by atoms with van der Waals surface area (Å²) < 4.78 is 0. The van der Waals surface area contributed by atoms with Crippen LogP contribution in [-0.2, 0) is 33.6 Å². The van der Waals surface area contributed by atoms with Crippen LogP contribution in [-0.4, -0.2) is 93.3 Å². The number of carbonyl (C=O) groups excluding carboxylic acids is 5. The van der Waals surface area contributed by atoms with Crippen LogP contribution in [0.25, 0.3) is 0 Å². The summed E-state index contributed by atoms with van der Waals surface area (Å²) in [7, 11) is 0. The molecule has 1 aliphatic heterocycles. The van der Waals surface area contributed by atoms with Crippen molar-refractivity contribution in [1.82, 2.24) is 20.9 Å². The van der Waals surface area contributed by atoms with Crippen LogP contribution in [0.5, 0.6) is 0 Å². The Morgan fingerprint density at radius 3 is 2.03 bits per heavy atom. The molecule has 0 saturated carbocycles. The normalized spacial score (nSPS) is 18.1. The van der Waals surface area contributed by atoms with Gasteiger partial charge in [-0.25, -0.2) is 4.79 Å². The van der Waals surface area contributed by atoms with Gasteiger partial charge in [0.15, 0.2) is 0 Å². The Labute approximate surface area is 220 Å². The lowest BCUT2D eigenvalue weighted by Crippen LogP contribution is -2.58. The average molecular weight is 543 g/mol. The number of rotatable bonds is 15. The first kappa shape index (κ1) is 32.3. The van der Waals surface area contributed by atoms with Crippen LogP contribution in [0.1, 0.15) is 59.3 Å². The molecule has 0 aliphatic carbocycles. The van der Waals surface area contributed by atoms with Crippen LogP contribution in [0.3, 0.4) is 0 Å². The Bertz CT molecular complexity index is 925. The molecule has 1 heterocycles. The number of nitrogens with one attached hydrogen (secondary N) is 3. The SMILES string of the molecule is CC(C)C[C@H](NC(=O)[C@H](CC(=O)O)NC(=O)[C@@H](N)CCC(N)=O)C(=O)N[C@@H](C)C(=O)N1CCC[C@H]1C(=O)O. The highest BCUT2D eigenvalue weighted by Crippen LogP contribution is 2.18. The van der Waals surface area contributed by atoms with Crippen molar-refractivity contribution in [3.8, 4) is 0 Å². The van der Waals surface area contributed by atoms with Gasteiger partial charge in [-0.15, -0.1) is 0 Å². The lowest BCUT2D eigenvalue weighted by molar-refractivity contribution is -0.149. The molecule has 38 heavy (non-hydrogen) atoms. The van der Waals surface area contributed by atoms with E-state index in [2.05, 4.69) is 16.0 Å². The maximum absolute atomic E-state index is 13.0. The van der Waals surface area contributed by atoms with E-state index in [-0.39, 0.29) is 31.7 Å². The van der Waals surface area contributed by atoms with Crippen molar-refractivity contribution in [1.29, 1.82) is 0 Å². The number of carbonyl (C=O) groups is 7. The van der Waals surface area contributed by atoms with E-state index in [1.165, 1.54) is 11.8 Å². The average Bonchev–Trinajstić information content (AvgIpc) is 3.30. The summed E-state index contributed by atoms with van der Waals surface area (Å²) in [6.45, 7) is 5.18. The second-order valence-electron chi connectivity index (χ2n) is 9.72. The van der Waals surface area contributed by atoms with Gasteiger partial charge < -0.3 is 42.5 Å².